The first-order valence-electron chi connectivity index (χ1n) is 14.5. The lowest BCUT2D eigenvalue weighted by atomic mass is 10.2. The van der Waals surface area contributed by atoms with Crippen LogP contribution in [0.15, 0.2) is 113 Å². The molecule has 7 aromatic rings. The van der Waals surface area contributed by atoms with Crippen molar-refractivity contribution in [1.82, 2.24) is 40.3 Å². The number of nitrogens with zero attached hydrogens (tertiary/aromatic N) is 8. The summed E-state index contributed by atoms with van der Waals surface area (Å²) in [5.41, 5.74) is 6.59. The normalized spacial score (nSPS) is 10.8. The van der Waals surface area contributed by atoms with Gasteiger partial charge in [0.15, 0.2) is 0 Å². The zero-order chi connectivity index (χ0) is 36.5. The number of benzene rings is 3. The summed E-state index contributed by atoms with van der Waals surface area (Å²) >= 11 is 5.67. The van der Waals surface area contributed by atoms with Crippen molar-refractivity contribution in [2.45, 2.75) is 6.18 Å². The van der Waals surface area contributed by atoms with E-state index in [2.05, 4.69) is 51.0 Å². The molecule has 3 aromatic carbocycles. The van der Waals surface area contributed by atoms with Crippen LogP contribution >= 0.6 is 11.6 Å². The first-order valence-corrected chi connectivity index (χ1v) is 14.9. The molecule has 16 nitrogen and oxygen atoms in total. The Morgan fingerprint density at radius 2 is 1.27 bits per heavy atom. The molecular weight excluding hydrogens is 711 g/mol. The van der Waals surface area contributed by atoms with Gasteiger partial charge in [0.05, 0.1) is 10.6 Å². The maximum Gasteiger partial charge on any atom is 0.417 e. The summed E-state index contributed by atoms with van der Waals surface area (Å²) in [6.07, 6.45) is 0.432. The number of anilines is 3. The van der Waals surface area contributed by atoms with Gasteiger partial charge in [0.1, 0.15) is 35.5 Å². The summed E-state index contributed by atoms with van der Waals surface area (Å²) < 4.78 is 59.8. The number of halogens is 4. The fourth-order valence-corrected chi connectivity index (χ4v) is 4.45. The third-order valence-corrected chi connectivity index (χ3v) is 6.68. The van der Waals surface area contributed by atoms with Crippen LogP contribution in [-0.4, -0.2) is 46.4 Å². The summed E-state index contributed by atoms with van der Waals surface area (Å²) in [7, 11) is 0. The molecule has 0 fully saturated rings. The van der Waals surface area contributed by atoms with Gasteiger partial charge in [0, 0.05) is 41.3 Å². The molecule has 0 aliphatic carbocycles. The van der Waals surface area contributed by atoms with Gasteiger partial charge in [0.25, 0.3) is 11.8 Å². The molecule has 0 radical (unpaired) electrons. The summed E-state index contributed by atoms with van der Waals surface area (Å²) in [6.45, 7) is 0. The van der Waals surface area contributed by atoms with Crippen molar-refractivity contribution in [1.29, 1.82) is 0 Å². The highest BCUT2D eigenvalue weighted by Crippen LogP contribution is 2.36. The minimum absolute atomic E-state index is 0.0902. The van der Waals surface area contributed by atoms with E-state index in [1.54, 1.807) is 48.5 Å². The smallest absolute Gasteiger partial charge is 0.417 e. The highest BCUT2D eigenvalue weighted by Gasteiger charge is 2.33. The monoisotopic (exact) mass is 731 g/mol. The molecule has 52 heavy (non-hydrogen) atoms. The Morgan fingerprint density at radius 3 is 1.79 bits per heavy atom. The number of nitrogen functional groups attached to an aromatic ring is 1. The lowest BCUT2D eigenvalue weighted by molar-refractivity contribution is -0.137. The Kier molecular flexibility index (Phi) is 10.4. The minimum atomic E-state index is -4.59. The number of aromatic nitrogens is 8. The molecule has 0 spiro atoms. The number of carbonyl (C=O) groups excluding carboxylic acids is 1. The molecule has 4 aromatic heterocycles. The molecule has 0 saturated heterocycles. The number of amides is 2. The molecule has 0 atom stereocenters. The standard InChI is InChI=1S/C20H12ClF3N6O3.C12H9N5O2/c21-15-7-12(4-5-14(15)20(22,23)24)29-19(31)28-11-2-1-3-13(6-11)33-17-8-16(25-9-26-17)18-30-27-10-32-18;13-8-2-1-3-9(4-8)19-11-5-10(14-6-15-11)12-17-16-7-18-12/h1-10H,(H2,28,29,31);1-7H,13H2. The predicted molar refractivity (Wildman–Crippen MR) is 177 cm³/mol. The van der Waals surface area contributed by atoms with Gasteiger partial charge in [-0.15, -0.1) is 20.4 Å². The Bertz CT molecular complexity index is 2280. The van der Waals surface area contributed by atoms with E-state index in [-0.39, 0.29) is 17.5 Å². The van der Waals surface area contributed by atoms with Gasteiger partial charge in [-0.05, 0) is 42.5 Å². The summed E-state index contributed by atoms with van der Waals surface area (Å²) in [6, 6.07) is 18.7. The minimum Gasteiger partial charge on any atom is -0.439 e. The first kappa shape index (κ1) is 34.7. The van der Waals surface area contributed by atoms with Gasteiger partial charge in [0.2, 0.25) is 24.5 Å². The first-order chi connectivity index (χ1) is 25.1. The molecular formula is C32H21ClF3N11O5. The van der Waals surface area contributed by atoms with Crippen LogP contribution in [0.25, 0.3) is 23.2 Å². The summed E-state index contributed by atoms with van der Waals surface area (Å²) in [5, 5.41) is 19.1. The van der Waals surface area contributed by atoms with Gasteiger partial charge in [-0.25, -0.2) is 24.7 Å². The van der Waals surface area contributed by atoms with Crippen molar-refractivity contribution in [2.75, 3.05) is 16.4 Å². The van der Waals surface area contributed by atoms with Gasteiger partial charge in [-0.3, -0.25) is 0 Å². The van der Waals surface area contributed by atoms with Crippen molar-refractivity contribution in [3.8, 4) is 46.4 Å². The number of nitrogens with two attached hydrogens (primary N) is 1. The Labute approximate surface area is 294 Å². The zero-order valence-electron chi connectivity index (χ0n) is 26.0. The van der Waals surface area contributed by atoms with Crippen LogP contribution in [-0.2, 0) is 6.18 Å². The van der Waals surface area contributed by atoms with E-state index in [1.807, 2.05) is 0 Å². The molecule has 2 amide bonds. The van der Waals surface area contributed by atoms with Crippen LogP contribution < -0.4 is 25.8 Å². The highest BCUT2D eigenvalue weighted by molar-refractivity contribution is 6.31. The quantitative estimate of drug-likeness (QED) is 0.129. The van der Waals surface area contributed by atoms with Crippen LogP contribution in [0.5, 0.6) is 23.3 Å². The van der Waals surface area contributed by atoms with Crippen LogP contribution in [0.4, 0.5) is 35.0 Å². The number of alkyl halides is 3. The molecule has 0 saturated carbocycles. The number of hydrogen-bond donors (Lipinski definition) is 3. The maximum atomic E-state index is 12.8. The van der Waals surface area contributed by atoms with Crippen LogP contribution in [0.3, 0.4) is 0 Å². The molecule has 4 heterocycles. The van der Waals surface area contributed by atoms with E-state index in [0.717, 1.165) is 24.6 Å². The molecule has 262 valence electrons. The molecule has 0 unspecified atom stereocenters. The Hall–Kier alpha value is -7.15. The maximum absolute atomic E-state index is 12.8. The lowest BCUT2D eigenvalue weighted by Crippen LogP contribution is -2.19. The number of carbonyl (C=O) groups is 1. The zero-order valence-corrected chi connectivity index (χ0v) is 26.8. The van der Waals surface area contributed by atoms with Crippen molar-refractivity contribution in [3.05, 3.63) is 115 Å². The molecule has 20 heteroatoms. The van der Waals surface area contributed by atoms with Gasteiger partial charge < -0.3 is 34.7 Å². The van der Waals surface area contributed by atoms with Crippen LogP contribution in [0.1, 0.15) is 5.56 Å². The molecule has 7 rings (SSSR count). The largest absolute Gasteiger partial charge is 0.439 e. The average molecular weight is 732 g/mol. The van der Waals surface area contributed by atoms with E-state index in [9.17, 15) is 18.0 Å². The van der Waals surface area contributed by atoms with E-state index >= 15 is 0 Å². The highest BCUT2D eigenvalue weighted by atomic mass is 35.5. The van der Waals surface area contributed by atoms with E-state index < -0.39 is 22.8 Å². The third kappa shape index (κ3) is 9.30. The number of rotatable bonds is 8. The summed E-state index contributed by atoms with van der Waals surface area (Å²) in [4.78, 5) is 28.3. The fraction of sp³-hybridized carbons (Fsp3) is 0.0312. The number of urea groups is 1. The van der Waals surface area contributed by atoms with Crippen molar-refractivity contribution >= 4 is 34.7 Å². The fourth-order valence-electron chi connectivity index (χ4n) is 4.17. The van der Waals surface area contributed by atoms with Gasteiger partial charge in [-0.2, -0.15) is 13.2 Å². The second-order valence-corrected chi connectivity index (χ2v) is 10.5. The Morgan fingerprint density at radius 1 is 0.712 bits per heavy atom. The summed E-state index contributed by atoms with van der Waals surface area (Å²) in [5.74, 6) is 2.00. The van der Waals surface area contributed by atoms with Crippen molar-refractivity contribution in [2.24, 2.45) is 0 Å². The molecule has 0 bridgehead atoms. The lowest BCUT2D eigenvalue weighted by Gasteiger charge is -2.12. The van der Waals surface area contributed by atoms with Crippen LogP contribution in [0, 0.1) is 0 Å². The van der Waals surface area contributed by atoms with Crippen LogP contribution in [0.2, 0.25) is 5.02 Å². The predicted octanol–water partition coefficient (Wildman–Crippen LogP) is 7.54. The van der Waals surface area contributed by atoms with Gasteiger partial charge >= 0.3 is 12.2 Å². The van der Waals surface area contributed by atoms with Gasteiger partial charge in [-0.1, -0.05) is 23.7 Å². The SMILES string of the molecule is Nc1cccc(Oc2cc(-c3nnco3)ncn2)c1.O=C(Nc1cccc(Oc2cc(-c3nnco3)ncn2)c1)Nc1ccc(C(F)(F)F)c(Cl)c1. The van der Waals surface area contributed by atoms with E-state index in [4.69, 9.17) is 35.6 Å². The van der Waals surface area contributed by atoms with Crippen molar-refractivity contribution < 1.29 is 36.3 Å². The third-order valence-electron chi connectivity index (χ3n) is 6.37. The topological polar surface area (TPSA) is 215 Å². The van der Waals surface area contributed by atoms with E-state index in [0.29, 0.717) is 46.0 Å². The second kappa shape index (κ2) is 15.6. The Balaban J connectivity index is 0.000000206. The van der Waals surface area contributed by atoms with Crippen molar-refractivity contribution in [3.63, 3.8) is 0 Å². The number of nitrogens with one attached hydrogen (secondary N) is 2. The number of ether oxygens (including phenoxy) is 2. The molecule has 0 aliphatic heterocycles. The average Bonchev–Trinajstić information content (AvgIpc) is 3.85. The molecule has 4 N–H and O–H groups in total. The second-order valence-electron chi connectivity index (χ2n) is 10.0. The van der Waals surface area contributed by atoms with E-state index in [1.165, 1.54) is 31.2 Å². The number of hydrogen-bond acceptors (Lipinski definition) is 14. The molecule has 0 aliphatic rings.